The minimum atomic E-state index is -0.302. The molecule has 0 atom stereocenters. The van der Waals surface area contributed by atoms with Crippen LogP contribution in [0.3, 0.4) is 0 Å². The molecule has 3 rings (SSSR count). The number of hydrogen-bond acceptors (Lipinski definition) is 1. The SMILES string of the molecule is CC(C)(c1ccccc1)C(Br)(c1ccccc1)c1ccccc1.N. The summed E-state index contributed by atoms with van der Waals surface area (Å²) in [6, 6.07) is 32.1. The molecule has 3 aromatic carbocycles. The van der Waals surface area contributed by atoms with Crippen LogP contribution in [-0.4, -0.2) is 0 Å². The van der Waals surface area contributed by atoms with Gasteiger partial charge in [-0.3, -0.25) is 0 Å². The Balaban J connectivity index is 0.00000208. The van der Waals surface area contributed by atoms with E-state index in [-0.39, 0.29) is 15.9 Å². The molecule has 0 aliphatic rings. The van der Waals surface area contributed by atoms with Crippen molar-refractivity contribution in [3.05, 3.63) is 108 Å². The maximum atomic E-state index is 4.16. The minimum Gasteiger partial charge on any atom is -0.344 e. The Morgan fingerprint density at radius 1 is 0.542 bits per heavy atom. The zero-order chi connectivity index (χ0) is 16.3. The summed E-state index contributed by atoms with van der Waals surface area (Å²) in [5.74, 6) is 0. The molecule has 124 valence electrons. The van der Waals surface area contributed by atoms with E-state index in [1.165, 1.54) is 16.7 Å². The molecule has 2 heteroatoms. The van der Waals surface area contributed by atoms with E-state index in [1.807, 2.05) is 0 Å². The normalized spacial score (nSPS) is 11.6. The van der Waals surface area contributed by atoms with Gasteiger partial charge in [-0.15, -0.1) is 0 Å². The molecule has 0 aliphatic carbocycles. The highest BCUT2D eigenvalue weighted by Crippen LogP contribution is 2.53. The lowest BCUT2D eigenvalue weighted by atomic mass is 9.67. The Labute approximate surface area is 153 Å². The number of rotatable bonds is 4. The van der Waals surface area contributed by atoms with Gasteiger partial charge in [0.2, 0.25) is 0 Å². The zero-order valence-electron chi connectivity index (χ0n) is 14.2. The Bertz CT molecular complexity index is 712. The number of halogens is 1. The van der Waals surface area contributed by atoms with Crippen molar-refractivity contribution < 1.29 is 0 Å². The first-order valence-corrected chi connectivity index (χ1v) is 8.71. The summed E-state index contributed by atoms with van der Waals surface area (Å²) in [4.78, 5) is 0. The molecule has 0 fully saturated rings. The van der Waals surface area contributed by atoms with Crippen LogP contribution in [0.1, 0.15) is 30.5 Å². The van der Waals surface area contributed by atoms with Gasteiger partial charge in [0.15, 0.2) is 0 Å². The van der Waals surface area contributed by atoms with Crippen LogP contribution in [0.2, 0.25) is 0 Å². The lowest BCUT2D eigenvalue weighted by Crippen LogP contribution is -2.41. The van der Waals surface area contributed by atoms with Crippen molar-refractivity contribution in [2.45, 2.75) is 23.6 Å². The summed E-state index contributed by atoms with van der Waals surface area (Å²) in [7, 11) is 0. The fraction of sp³-hybridized carbons (Fsp3) is 0.182. The van der Waals surface area contributed by atoms with Crippen LogP contribution in [0.15, 0.2) is 91.0 Å². The molecule has 0 aromatic heterocycles. The van der Waals surface area contributed by atoms with Crippen molar-refractivity contribution in [1.82, 2.24) is 6.15 Å². The summed E-state index contributed by atoms with van der Waals surface area (Å²) in [5.41, 5.74) is 3.71. The van der Waals surface area contributed by atoms with Gasteiger partial charge in [0.1, 0.15) is 0 Å². The standard InChI is InChI=1S/C22H21Br.H3N/c1-21(2,18-12-6-3-7-13-18)22(23,19-14-8-4-9-15-19)20-16-10-5-11-17-20;/h3-17H,1-2H3;1H3. The van der Waals surface area contributed by atoms with Gasteiger partial charge < -0.3 is 6.15 Å². The molecule has 0 aliphatic heterocycles. The average Bonchev–Trinajstić information content (AvgIpc) is 2.63. The molecule has 0 heterocycles. The Morgan fingerprint density at radius 2 is 0.833 bits per heavy atom. The third kappa shape index (κ3) is 3.04. The minimum absolute atomic E-state index is 0. The van der Waals surface area contributed by atoms with Gasteiger partial charge in [0.25, 0.3) is 0 Å². The smallest absolute Gasteiger partial charge is 0.0845 e. The zero-order valence-corrected chi connectivity index (χ0v) is 15.8. The molecule has 0 bridgehead atoms. The van der Waals surface area contributed by atoms with Crippen molar-refractivity contribution >= 4 is 15.9 Å². The molecule has 0 saturated carbocycles. The number of alkyl halides is 1. The molecular weight excluding hydrogens is 358 g/mol. The first kappa shape index (κ1) is 18.4. The van der Waals surface area contributed by atoms with Crippen LogP contribution in [0.5, 0.6) is 0 Å². The Morgan fingerprint density at radius 3 is 1.17 bits per heavy atom. The maximum Gasteiger partial charge on any atom is 0.0845 e. The summed E-state index contributed by atoms with van der Waals surface area (Å²) < 4.78 is -0.302. The molecule has 0 saturated heterocycles. The number of hydrogen-bond donors (Lipinski definition) is 1. The monoisotopic (exact) mass is 381 g/mol. The molecule has 3 N–H and O–H groups in total. The van der Waals surface area contributed by atoms with E-state index >= 15 is 0 Å². The number of benzene rings is 3. The van der Waals surface area contributed by atoms with Crippen LogP contribution >= 0.6 is 15.9 Å². The second-order valence-electron chi connectivity index (χ2n) is 6.38. The van der Waals surface area contributed by atoms with E-state index in [2.05, 4.69) is 121 Å². The maximum absolute atomic E-state index is 4.16. The van der Waals surface area contributed by atoms with E-state index < -0.39 is 0 Å². The van der Waals surface area contributed by atoms with Gasteiger partial charge in [-0.1, -0.05) is 121 Å². The largest absolute Gasteiger partial charge is 0.344 e. The molecule has 3 aromatic rings. The van der Waals surface area contributed by atoms with E-state index in [9.17, 15) is 0 Å². The lowest BCUT2D eigenvalue weighted by molar-refractivity contribution is 0.429. The Hall–Kier alpha value is -1.90. The highest BCUT2D eigenvalue weighted by atomic mass is 79.9. The highest BCUT2D eigenvalue weighted by Gasteiger charge is 2.46. The van der Waals surface area contributed by atoms with Crippen LogP contribution in [0, 0.1) is 0 Å². The summed E-state index contributed by atoms with van der Waals surface area (Å²) in [6.45, 7) is 4.61. The third-order valence-corrected chi connectivity index (χ3v) is 6.61. The molecule has 0 spiro atoms. The van der Waals surface area contributed by atoms with Crippen molar-refractivity contribution in [3.63, 3.8) is 0 Å². The first-order chi connectivity index (χ1) is 11.1. The molecule has 0 amide bonds. The van der Waals surface area contributed by atoms with Gasteiger partial charge in [0.05, 0.1) is 4.32 Å². The van der Waals surface area contributed by atoms with Crippen molar-refractivity contribution in [2.24, 2.45) is 0 Å². The van der Waals surface area contributed by atoms with E-state index in [0.717, 1.165) is 0 Å². The highest BCUT2D eigenvalue weighted by molar-refractivity contribution is 9.09. The van der Waals surface area contributed by atoms with Crippen LogP contribution in [0.25, 0.3) is 0 Å². The molecular formula is C22H24BrN. The topological polar surface area (TPSA) is 35.0 Å². The fourth-order valence-corrected chi connectivity index (χ4v) is 4.04. The van der Waals surface area contributed by atoms with Crippen LogP contribution in [-0.2, 0) is 9.74 Å². The predicted molar refractivity (Wildman–Crippen MR) is 107 cm³/mol. The Kier molecular flexibility index (Phi) is 5.63. The lowest BCUT2D eigenvalue weighted by Gasteiger charge is -2.44. The second kappa shape index (κ2) is 7.33. The first-order valence-electron chi connectivity index (χ1n) is 7.92. The van der Waals surface area contributed by atoms with Crippen LogP contribution < -0.4 is 6.15 Å². The summed E-state index contributed by atoms with van der Waals surface area (Å²) in [6.07, 6.45) is 0. The second-order valence-corrected chi connectivity index (χ2v) is 7.57. The van der Waals surface area contributed by atoms with Crippen molar-refractivity contribution in [1.29, 1.82) is 0 Å². The van der Waals surface area contributed by atoms with Gasteiger partial charge in [-0.25, -0.2) is 0 Å². The van der Waals surface area contributed by atoms with Crippen molar-refractivity contribution in [2.75, 3.05) is 0 Å². The third-order valence-electron chi connectivity index (χ3n) is 4.70. The van der Waals surface area contributed by atoms with Gasteiger partial charge in [0, 0.05) is 5.41 Å². The molecule has 0 radical (unpaired) electrons. The van der Waals surface area contributed by atoms with Gasteiger partial charge >= 0.3 is 0 Å². The molecule has 1 nitrogen and oxygen atoms in total. The van der Waals surface area contributed by atoms with E-state index in [4.69, 9.17) is 0 Å². The van der Waals surface area contributed by atoms with Crippen LogP contribution in [0.4, 0.5) is 0 Å². The average molecular weight is 382 g/mol. The molecule has 0 unspecified atom stereocenters. The predicted octanol–water partition coefficient (Wildman–Crippen LogP) is 6.46. The fourth-order valence-electron chi connectivity index (χ4n) is 3.28. The summed E-state index contributed by atoms with van der Waals surface area (Å²) in [5, 5.41) is 0. The quantitative estimate of drug-likeness (QED) is 0.516. The van der Waals surface area contributed by atoms with E-state index in [0.29, 0.717) is 0 Å². The van der Waals surface area contributed by atoms with Crippen molar-refractivity contribution in [3.8, 4) is 0 Å². The molecule has 24 heavy (non-hydrogen) atoms. The van der Waals surface area contributed by atoms with Gasteiger partial charge in [-0.05, 0) is 16.7 Å². The summed E-state index contributed by atoms with van der Waals surface area (Å²) >= 11 is 4.16. The van der Waals surface area contributed by atoms with E-state index in [1.54, 1.807) is 0 Å². The van der Waals surface area contributed by atoms with Gasteiger partial charge in [-0.2, -0.15) is 0 Å².